The molecule has 0 spiro atoms. The summed E-state index contributed by atoms with van der Waals surface area (Å²) < 4.78 is 27.9. The van der Waals surface area contributed by atoms with Crippen molar-refractivity contribution in [2.75, 3.05) is 12.4 Å². The van der Waals surface area contributed by atoms with Crippen molar-refractivity contribution in [1.29, 1.82) is 0 Å². The molecular weight excluding hydrogens is 200 g/mol. The zero-order valence-corrected chi connectivity index (χ0v) is 8.88. The van der Waals surface area contributed by atoms with Crippen molar-refractivity contribution in [2.24, 2.45) is 0 Å². The fraction of sp³-hybridized carbons (Fsp3) is 0.300. The average Bonchev–Trinajstić information content (AvgIpc) is 2.15. The molecule has 0 saturated carbocycles. The minimum absolute atomic E-state index is 0.0264. The molecule has 0 atom stereocenters. The summed E-state index contributed by atoms with van der Waals surface area (Å²) in [6.07, 6.45) is 0. The van der Waals surface area contributed by atoms with Gasteiger partial charge in [-0.15, -0.1) is 0 Å². The van der Waals surface area contributed by atoms with E-state index in [-0.39, 0.29) is 12.4 Å². The van der Waals surface area contributed by atoms with Gasteiger partial charge >= 0.3 is 0 Å². The van der Waals surface area contributed by atoms with Gasteiger partial charge in [-0.2, -0.15) is 0 Å². The van der Waals surface area contributed by atoms with Gasteiger partial charge in [-0.25, -0.2) is 8.42 Å². The zero-order chi connectivity index (χ0) is 10.6. The molecule has 0 aliphatic heterocycles. The van der Waals surface area contributed by atoms with Crippen molar-refractivity contribution in [3.05, 3.63) is 36.9 Å². The lowest BCUT2D eigenvalue weighted by Crippen LogP contribution is -2.12. The number of ether oxygens (including phenoxy) is 1. The molecule has 0 bridgehead atoms. The first kappa shape index (κ1) is 11.2. The molecule has 3 nitrogen and oxygen atoms in total. The van der Waals surface area contributed by atoms with Gasteiger partial charge in [0, 0.05) is 0 Å². The predicted molar refractivity (Wildman–Crippen MR) is 54.5 cm³/mol. The van der Waals surface area contributed by atoms with Crippen molar-refractivity contribution >= 4 is 9.84 Å². The first-order valence-corrected chi connectivity index (χ1v) is 5.88. The summed E-state index contributed by atoms with van der Waals surface area (Å²) in [7, 11) is -0.0777. The van der Waals surface area contributed by atoms with E-state index in [1.165, 1.54) is 0 Å². The van der Waals surface area contributed by atoms with E-state index >= 15 is 0 Å². The van der Waals surface area contributed by atoms with Crippen LogP contribution in [-0.2, 0) is 14.6 Å². The Balaban J connectivity index is 2.99. The Morgan fingerprint density at radius 1 is 1.36 bits per heavy atom. The van der Waals surface area contributed by atoms with Crippen LogP contribution in [0.4, 0.5) is 0 Å². The van der Waals surface area contributed by atoms with E-state index in [1.54, 1.807) is 25.1 Å². The molecule has 1 radical (unpaired) electrons. The molecule has 0 unspecified atom stereocenters. The second-order valence-corrected chi connectivity index (χ2v) is 5.07. The first-order valence-electron chi connectivity index (χ1n) is 4.23. The minimum atomic E-state index is -3.22. The lowest BCUT2D eigenvalue weighted by molar-refractivity contribution is 0.263. The summed E-state index contributed by atoms with van der Waals surface area (Å²) in [5.41, 5.74) is 0.761. The summed E-state index contributed by atoms with van der Waals surface area (Å²) >= 11 is 0. The Labute approximate surface area is 84.6 Å². The number of sulfone groups is 1. The summed E-state index contributed by atoms with van der Waals surface area (Å²) in [5, 5.41) is 0. The van der Waals surface area contributed by atoms with Crippen molar-refractivity contribution in [3.63, 3.8) is 0 Å². The molecule has 1 rings (SSSR count). The molecular formula is C10H13O3S. The third-order valence-electron chi connectivity index (χ3n) is 1.93. The van der Waals surface area contributed by atoms with Gasteiger partial charge in [-0.3, -0.25) is 0 Å². The molecule has 4 heteroatoms. The lowest BCUT2D eigenvalue weighted by atomic mass is 10.2. The first-order chi connectivity index (χ1) is 6.58. The van der Waals surface area contributed by atoms with Crippen LogP contribution in [0.15, 0.2) is 29.2 Å². The quantitative estimate of drug-likeness (QED) is 0.762. The lowest BCUT2D eigenvalue weighted by Gasteiger charge is -2.06. The molecule has 0 amide bonds. The highest BCUT2D eigenvalue weighted by atomic mass is 32.2. The third kappa shape index (κ3) is 2.56. The van der Waals surface area contributed by atoms with Crippen molar-refractivity contribution in [1.82, 2.24) is 0 Å². The zero-order valence-electron chi connectivity index (χ0n) is 8.06. The maximum absolute atomic E-state index is 11.7. The normalized spacial score (nSPS) is 11.6. The summed E-state index contributed by atoms with van der Waals surface area (Å²) in [4.78, 5) is 0.372. The van der Waals surface area contributed by atoms with Crippen molar-refractivity contribution in [3.8, 4) is 0 Å². The molecule has 14 heavy (non-hydrogen) atoms. The minimum Gasteiger partial charge on any atom is -0.378 e. The second kappa shape index (κ2) is 4.57. The van der Waals surface area contributed by atoms with Crippen LogP contribution in [0.25, 0.3) is 0 Å². The van der Waals surface area contributed by atoms with E-state index in [0.29, 0.717) is 4.90 Å². The third-order valence-corrected chi connectivity index (χ3v) is 3.76. The molecule has 0 aliphatic rings. The largest absolute Gasteiger partial charge is 0.378 e. The molecule has 0 N–H and O–H groups in total. The Kier molecular flexibility index (Phi) is 3.66. The number of benzene rings is 1. The van der Waals surface area contributed by atoms with Crippen molar-refractivity contribution < 1.29 is 13.2 Å². The van der Waals surface area contributed by atoms with E-state index in [2.05, 4.69) is 11.8 Å². The number of aryl methyl sites for hydroxylation is 1. The maximum Gasteiger partial charge on any atom is 0.180 e. The smallest absolute Gasteiger partial charge is 0.180 e. The van der Waals surface area contributed by atoms with Gasteiger partial charge in [0.15, 0.2) is 9.84 Å². The SMILES string of the molecule is [CH2]OCCS(=O)(=O)c1ccccc1C. The van der Waals surface area contributed by atoms with Crippen LogP contribution < -0.4 is 0 Å². The Bertz CT molecular complexity index is 396. The average molecular weight is 213 g/mol. The van der Waals surface area contributed by atoms with Crippen LogP contribution in [0.3, 0.4) is 0 Å². The van der Waals surface area contributed by atoms with Crippen LogP contribution in [0.1, 0.15) is 5.56 Å². The fourth-order valence-corrected chi connectivity index (χ4v) is 2.59. The van der Waals surface area contributed by atoms with Gasteiger partial charge in [-0.05, 0) is 18.6 Å². The monoisotopic (exact) mass is 213 g/mol. The molecule has 0 saturated heterocycles. The second-order valence-electron chi connectivity index (χ2n) is 2.99. The summed E-state index contributed by atoms with van der Waals surface area (Å²) in [6, 6.07) is 6.91. The number of rotatable bonds is 4. The van der Waals surface area contributed by atoms with Gasteiger partial charge in [0.05, 0.1) is 24.4 Å². The van der Waals surface area contributed by atoms with E-state index in [9.17, 15) is 8.42 Å². The van der Waals surface area contributed by atoms with Crippen LogP contribution in [0.2, 0.25) is 0 Å². The molecule has 0 aliphatic carbocycles. The molecule has 1 aromatic carbocycles. The van der Waals surface area contributed by atoms with Gasteiger partial charge < -0.3 is 4.74 Å². The number of hydrogen-bond acceptors (Lipinski definition) is 3. The highest BCUT2D eigenvalue weighted by Crippen LogP contribution is 2.15. The van der Waals surface area contributed by atoms with Crippen LogP contribution in [0.5, 0.6) is 0 Å². The van der Waals surface area contributed by atoms with Crippen LogP contribution in [0, 0.1) is 14.0 Å². The van der Waals surface area contributed by atoms with Gasteiger partial charge in [0.2, 0.25) is 0 Å². The molecule has 0 fully saturated rings. The summed E-state index contributed by atoms with van der Waals surface area (Å²) in [5.74, 6) is -0.0264. The highest BCUT2D eigenvalue weighted by molar-refractivity contribution is 7.91. The van der Waals surface area contributed by atoms with E-state index < -0.39 is 9.84 Å². The van der Waals surface area contributed by atoms with Gasteiger partial charge in [-0.1, -0.05) is 18.2 Å². The van der Waals surface area contributed by atoms with E-state index in [4.69, 9.17) is 0 Å². The Hall–Kier alpha value is -0.870. The highest BCUT2D eigenvalue weighted by Gasteiger charge is 2.15. The van der Waals surface area contributed by atoms with E-state index in [0.717, 1.165) is 5.56 Å². The van der Waals surface area contributed by atoms with Crippen LogP contribution in [-0.4, -0.2) is 20.8 Å². The van der Waals surface area contributed by atoms with E-state index in [1.807, 2.05) is 6.07 Å². The van der Waals surface area contributed by atoms with Gasteiger partial charge in [0.25, 0.3) is 0 Å². The standard InChI is InChI=1S/C10H13O3S/c1-9-5-3-4-6-10(9)14(11,12)8-7-13-2/h3-6H,2,7-8H2,1H3. The Morgan fingerprint density at radius 2 is 2.00 bits per heavy atom. The topological polar surface area (TPSA) is 43.4 Å². The summed E-state index contributed by atoms with van der Waals surface area (Å²) in [6.45, 7) is 1.90. The molecule has 1 aromatic rings. The Morgan fingerprint density at radius 3 is 2.57 bits per heavy atom. The molecule has 0 heterocycles. The fourth-order valence-electron chi connectivity index (χ4n) is 1.18. The maximum atomic E-state index is 11.7. The predicted octanol–water partition coefficient (Wildman–Crippen LogP) is 1.58. The van der Waals surface area contributed by atoms with Gasteiger partial charge in [0.1, 0.15) is 0 Å². The molecule has 0 aromatic heterocycles. The van der Waals surface area contributed by atoms with Crippen molar-refractivity contribution in [2.45, 2.75) is 11.8 Å². The molecule has 77 valence electrons. The van der Waals surface area contributed by atoms with Crippen LogP contribution >= 0.6 is 0 Å². The number of hydrogen-bond donors (Lipinski definition) is 0.